The van der Waals surface area contributed by atoms with Crippen LogP contribution in [0.2, 0.25) is 0 Å². The zero-order chi connectivity index (χ0) is 30.1. The molecule has 6 rings (SSSR count). The molecule has 1 aromatic carbocycles. The van der Waals surface area contributed by atoms with E-state index in [1.165, 1.54) is 0 Å². The van der Waals surface area contributed by atoms with Gasteiger partial charge >= 0.3 is 0 Å². The number of anilines is 4. The Morgan fingerprint density at radius 2 is 1.63 bits per heavy atom. The first kappa shape index (κ1) is 29.7. The molecule has 2 saturated heterocycles. The summed E-state index contributed by atoms with van der Waals surface area (Å²) in [5.41, 5.74) is 2.19. The number of hydrogen-bond donors (Lipinski definition) is 2. The summed E-state index contributed by atoms with van der Waals surface area (Å²) in [6, 6.07) is 11.4. The molecule has 2 amide bonds. The number of rotatable bonds is 6. The summed E-state index contributed by atoms with van der Waals surface area (Å²) in [5.74, 6) is -1.12. The molecule has 2 aromatic rings. The highest BCUT2D eigenvalue weighted by molar-refractivity contribution is 6.04. The van der Waals surface area contributed by atoms with E-state index in [0.717, 1.165) is 55.7 Å². The van der Waals surface area contributed by atoms with Crippen LogP contribution in [0.4, 0.5) is 31.8 Å². The Bertz CT molecular complexity index is 1300. The third-order valence-electron chi connectivity index (χ3n) is 9.65. The maximum Gasteiger partial charge on any atom is 0.251 e. The number of carbonyl (C=O) groups is 2. The molecular weight excluding hydrogens is 554 g/mol. The van der Waals surface area contributed by atoms with Gasteiger partial charge in [0.2, 0.25) is 5.91 Å². The molecule has 3 fully saturated rings. The zero-order valence-electron chi connectivity index (χ0n) is 25.0. The number of alkyl halides is 2. The average Bonchev–Trinajstić information content (AvgIpc) is 3.01. The third-order valence-corrected chi connectivity index (χ3v) is 9.65. The quantitative estimate of drug-likeness (QED) is 0.488. The number of piperidine rings is 1. The molecule has 0 radical (unpaired) electrons. The van der Waals surface area contributed by atoms with Crippen molar-refractivity contribution in [2.24, 2.45) is 0 Å². The van der Waals surface area contributed by atoms with Gasteiger partial charge < -0.3 is 25.2 Å². The van der Waals surface area contributed by atoms with Gasteiger partial charge in [-0.15, -0.1) is 0 Å². The number of ether oxygens (including phenoxy) is 1. The maximum atomic E-state index is 13.5. The van der Waals surface area contributed by atoms with Gasteiger partial charge in [0.1, 0.15) is 11.9 Å². The highest BCUT2D eigenvalue weighted by atomic mass is 19.3. The number of pyridine rings is 1. The van der Waals surface area contributed by atoms with Crippen LogP contribution < -0.4 is 20.4 Å². The van der Waals surface area contributed by atoms with Crippen LogP contribution in [0.3, 0.4) is 0 Å². The molecule has 1 atom stereocenters. The lowest BCUT2D eigenvalue weighted by Crippen LogP contribution is -2.56. The topological polar surface area (TPSA) is 90.0 Å². The Labute approximate surface area is 251 Å². The smallest absolute Gasteiger partial charge is 0.251 e. The Morgan fingerprint density at radius 1 is 0.953 bits per heavy atom. The highest BCUT2D eigenvalue weighted by Crippen LogP contribution is 2.38. The molecule has 11 heteroatoms. The van der Waals surface area contributed by atoms with E-state index in [0.29, 0.717) is 43.7 Å². The lowest BCUT2D eigenvalue weighted by atomic mass is 9.88. The fourth-order valence-corrected chi connectivity index (χ4v) is 7.04. The molecule has 1 saturated carbocycles. The van der Waals surface area contributed by atoms with E-state index in [4.69, 9.17) is 9.72 Å². The Morgan fingerprint density at radius 3 is 2.30 bits per heavy atom. The van der Waals surface area contributed by atoms with Crippen LogP contribution in [0.1, 0.15) is 68.6 Å². The monoisotopic (exact) mass is 596 g/mol. The number of hydrogen-bond acceptors (Lipinski definition) is 7. The van der Waals surface area contributed by atoms with Gasteiger partial charge in [-0.1, -0.05) is 0 Å². The summed E-state index contributed by atoms with van der Waals surface area (Å²) in [4.78, 5) is 37.0. The van der Waals surface area contributed by atoms with Gasteiger partial charge in [-0.2, -0.15) is 0 Å². The normalized spacial score (nSPS) is 26.6. The molecule has 4 heterocycles. The number of nitrogens with zero attached hydrogens (tertiary/aromatic N) is 4. The molecule has 1 aromatic heterocycles. The highest BCUT2D eigenvalue weighted by Gasteiger charge is 2.39. The van der Waals surface area contributed by atoms with Gasteiger partial charge in [0, 0.05) is 75.6 Å². The van der Waals surface area contributed by atoms with Gasteiger partial charge in [0.05, 0.1) is 5.69 Å². The van der Waals surface area contributed by atoms with E-state index >= 15 is 0 Å². The Balaban J connectivity index is 1.06. The van der Waals surface area contributed by atoms with Gasteiger partial charge in [-0.3, -0.25) is 14.5 Å². The van der Waals surface area contributed by atoms with Crippen molar-refractivity contribution in [3.05, 3.63) is 42.0 Å². The van der Waals surface area contributed by atoms with Crippen LogP contribution >= 0.6 is 0 Å². The minimum Gasteiger partial charge on any atom is -0.381 e. The number of carbonyl (C=O) groups excluding carboxylic acids is 2. The molecular formula is C32H42F2N6O3. The van der Waals surface area contributed by atoms with Crippen molar-refractivity contribution in [2.45, 2.75) is 88.4 Å². The Kier molecular flexibility index (Phi) is 8.55. The maximum absolute atomic E-state index is 13.5. The van der Waals surface area contributed by atoms with Gasteiger partial charge in [0.25, 0.3) is 11.8 Å². The van der Waals surface area contributed by atoms with E-state index in [-0.39, 0.29) is 42.8 Å². The second-order valence-corrected chi connectivity index (χ2v) is 12.4. The molecule has 0 unspecified atom stereocenters. The van der Waals surface area contributed by atoms with Crippen molar-refractivity contribution in [1.29, 1.82) is 0 Å². The molecule has 9 nitrogen and oxygen atoms in total. The molecule has 0 bridgehead atoms. The van der Waals surface area contributed by atoms with Gasteiger partial charge in [0.15, 0.2) is 5.82 Å². The van der Waals surface area contributed by atoms with E-state index in [9.17, 15) is 18.4 Å². The minimum absolute atomic E-state index is 0.0522. The van der Waals surface area contributed by atoms with Crippen molar-refractivity contribution in [3.63, 3.8) is 0 Å². The average molecular weight is 597 g/mol. The van der Waals surface area contributed by atoms with Crippen LogP contribution in [0, 0.1) is 0 Å². The molecule has 43 heavy (non-hydrogen) atoms. The number of amides is 2. The predicted octanol–water partition coefficient (Wildman–Crippen LogP) is 4.95. The number of nitrogens with one attached hydrogen (secondary N) is 2. The first-order valence-corrected chi connectivity index (χ1v) is 15.6. The Hall–Kier alpha value is -3.31. The lowest BCUT2D eigenvalue weighted by Gasteiger charge is -2.44. The fraction of sp³-hybridized carbons (Fsp3) is 0.594. The molecule has 0 spiro atoms. The number of halogens is 2. The van der Waals surface area contributed by atoms with Crippen LogP contribution in [-0.2, 0) is 9.53 Å². The van der Waals surface area contributed by atoms with Gasteiger partial charge in [-0.05, 0) is 81.8 Å². The number of fused-ring (bicyclic) bond motifs is 1. The predicted molar refractivity (Wildman–Crippen MR) is 162 cm³/mol. The lowest BCUT2D eigenvalue weighted by molar-refractivity contribution is -0.119. The van der Waals surface area contributed by atoms with E-state index in [1.54, 1.807) is 24.1 Å². The zero-order valence-corrected chi connectivity index (χ0v) is 25.0. The summed E-state index contributed by atoms with van der Waals surface area (Å²) in [5, 5.41) is 6.52. The summed E-state index contributed by atoms with van der Waals surface area (Å²) in [7, 11) is 1.79. The van der Waals surface area contributed by atoms with Crippen molar-refractivity contribution in [3.8, 4) is 0 Å². The van der Waals surface area contributed by atoms with Crippen LogP contribution in [0.25, 0.3) is 0 Å². The molecule has 1 aliphatic carbocycles. The largest absolute Gasteiger partial charge is 0.381 e. The fourth-order valence-electron chi connectivity index (χ4n) is 7.04. The van der Waals surface area contributed by atoms with Crippen LogP contribution in [0.15, 0.2) is 36.4 Å². The number of likely N-dealkylation sites (tertiary alicyclic amines) is 1. The molecule has 4 aliphatic rings. The summed E-state index contributed by atoms with van der Waals surface area (Å²) in [6.45, 7) is 4.20. The van der Waals surface area contributed by atoms with E-state index < -0.39 is 5.92 Å². The molecule has 2 N–H and O–H groups in total. The number of aromatic nitrogens is 1. The standard InChI is InChI=1S/C32H42F2N6O3/c1-21-31(42)38(2)27-11-12-28(37-29(27)40(21)26-13-19-43-20-14-26)35-23-5-3-22(4-6-23)30(41)36-24-7-9-25(10-8-24)39-17-15-32(33,34)16-18-39/h3-6,11-12,21,24-26H,7-10,13-20H2,1-2H3,(H,35,37)(H,36,41)/t21-,24?,25?/m1/s1. The second-order valence-electron chi connectivity index (χ2n) is 12.4. The third kappa shape index (κ3) is 6.47. The summed E-state index contributed by atoms with van der Waals surface area (Å²) >= 11 is 0. The van der Waals surface area contributed by atoms with Crippen molar-refractivity contribution < 1.29 is 23.1 Å². The second kappa shape index (κ2) is 12.4. The molecule has 232 valence electrons. The minimum atomic E-state index is -2.52. The first-order chi connectivity index (χ1) is 20.7. The SMILES string of the molecule is C[C@@H]1C(=O)N(C)c2ccc(Nc3ccc(C(=O)NC4CCC(N5CCC(F)(F)CC5)CC4)cc3)nc2N1C1CCOCC1. The summed E-state index contributed by atoms with van der Waals surface area (Å²) in [6.07, 6.45) is 5.15. The van der Waals surface area contributed by atoms with Crippen molar-refractivity contribution in [1.82, 2.24) is 15.2 Å². The first-order valence-electron chi connectivity index (χ1n) is 15.6. The van der Waals surface area contributed by atoms with Gasteiger partial charge in [-0.25, -0.2) is 13.8 Å². The van der Waals surface area contributed by atoms with Crippen LogP contribution in [0.5, 0.6) is 0 Å². The van der Waals surface area contributed by atoms with Crippen molar-refractivity contribution in [2.75, 3.05) is 48.5 Å². The van der Waals surface area contributed by atoms with Crippen molar-refractivity contribution >= 4 is 34.8 Å². The van der Waals surface area contributed by atoms with E-state index in [2.05, 4.69) is 20.4 Å². The van der Waals surface area contributed by atoms with E-state index in [1.807, 2.05) is 31.2 Å². The number of benzene rings is 1. The van der Waals surface area contributed by atoms with Crippen LogP contribution in [-0.4, -0.2) is 85.1 Å². The molecule has 3 aliphatic heterocycles. The summed E-state index contributed by atoms with van der Waals surface area (Å²) < 4.78 is 32.6. The number of likely N-dealkylation sites (N-methyl/N-ethyl adjacent to an activating group) is 1.